The molecule has 1 heterocycles. The Balaban J connectivity index is 1.85. The molecule has 1 aromatic heterocycles. The average molecular weight is 394 g/mol. The number of anilines is 3. The molecule has 0 saturated heterocycles. The summed E-state index contributed by atoms with van der Waals surface area (Å²) in [5.41, 5.74) is 1.49. The van der Waals surface area contributed by atoms with E-state index < -0.39 is 0 Å². The number of methoxy groups -OCH3 is 3. The predicted molar refractivity (Wildman–Crippen MR) is 111 cm³/mol. The molecule has 0 spiro atoms. The van der Waals surface area contributed by atoms with E-state index >= 15 is 0 Å². The number of carbonyl (C=O) groups excluding carboxylic acids is 1. The number of nitrogens with one attached hydrogen (secondary N) is 2. The van der Waals surface area contributed by atoms with E-state index in [2.05, 4.69) is 20.6 Å². The molecule has 1 amide bonds. The minimum atomic E-state index is -0.357. The summed E-state index contributed by atoms with van der Waals surface area (Å²) in [6, 6.07) is 14.0. The summed E-state index contributed by atoms with van der Waals surface area (Å²) in [5.74, 6) is 2.48. The Morgan fingerprint density at radius 3 is 2.38 bits per heavy atom. The highest BCUT2D eigenvalue weighted by molar-refractivity contribution is 6.03. The third-order valence-electron chi connectivity index (χ3n) is 4.07. The number of nitrogens with zero attached hydrogens (tertiary/aromatic N) is 2. The van der Waals surface area contributed by atoms with Gasteiger partial charge in [-0.15, -0.1) is 0 Å². The number of rotatable bonds is 7. The van der Waals surface area contributed by atoms with E-state index in [1.165, 1.54) is 0 Å². The molecule has 0 aliphatic rings. The Morgan fingerprint density at radius 1 is 0.897 bits per heavy atom. The fourth-order valence-corrected chi connectivity index (χ4v) is 2.69. The van der Waals surface area contributed by atoms with Crippen LogP contribution in [-0.4, -0.2) is 37.2 Å². The van der Waals surface area contributed by atoms with E-state index in [1.807, 2.05) is 0 Å². The van der Waals surface area contributed by atoms with Crippen LogP contribution in [0.15, 0.2) is 48.5 Å². The van der Waals surface area contributed by atoms with Crippen LogP contribution in [0.2, 0.25) is 0 Å². The second-order valence-electron chi connectivity index (χ2n) is 6.06. The summed E-state index contributed by atoms with van der Waals surface area (Å²) in [7, 11) is 4.73. The van der Waals surface area contributed by atoms with Crippen molar-refractivity contribution in [3.05, 3.63) is 60.0 Å². The third-order valence-corrected chi connectivity index (χ3v) is 4.07. The highest BCUT2D eigenvalue weighted by Crippen LogP contribution is 2.31. The maximum Gasteiger partial charge on any atom is 0.274 e. The van der Waals surface area contributed by atoms with Crippen molar-refractivity contribution in [2.75, 3.05) is 32.0 Å². The maximum absolute atomic E-state index is 12.7. The van der Waals surface area contributed by atoms with E-state index in [-0.39, 0.29) is 11.6 Å². The lowest BCUT2D eigenvalue weighted by atomic mass is 10.2. The number of hydrogen-bond donors (Lipinski definition) is 2. The second kappa shape index (κ2) is 8.92. The van der Waals surface area contributed by atoms with Crippen LogP contribution in [0.3, 0.4) is 0 Å². The van der Waals surface area contributed by atoms with Crippen molar-refractivity contribution in [2.24, 2.45) is 0 Å². The number of aromatic nitrogens is 2. The number of ether oxygens (including phenoxy) is 3. The third kappa shape index (κ3) is 4.92. The van der Waals surface area contributed by atoms with Crippen molar-refractivity contribution < 1.29 is 19.0 Å². The summed E-state index contributed by atoms with van der Waals surface area (Å²) in [5, 5.41) is 5.97. The van der Waals surface area contributed by atoms with Crippen LogP contribution in [0.25, 0.3) is 0 Å². The normalized spacial score (nSPS) is 10.2. The highest BCUT2D eigenvalue weighted by Gasteiger charge is 2.13. The van der Waals surface area contributed by atoms with Crippen LogP contribution >= 0.6 is 0 Å². The first kappa shape index (κ1) is 19.9. The largest absolute Gasteiger partial charge is 0.497 e. The average Bonchev–Trinajstić information content (AvgIpc) is 2.73. The number of hydrogen-bond acceptors (Lipinski definition) is 7. The zero-order chi connectivity index (χ0) is 20.8. The van der Waals surface area contributed by atoms with Gasteiger partial charge in [-0.3, -0.25) is 4.79 Å². The number of amides is 1. The van der Waals surface area contributed by atoms with Gasteiger partial charge in [0.05, 0.1) is 27.0 Å². The molecule has 0 saturated carbocycles. The molecule has 0 aliphatic heterocycles. The van der Waals surface area contributed by atoms with Crippen LogP contribution in [0, 0.1) is 6.92 Å². The summed E-state index contributed by atoms with van der Waals surface area (Å²) >= 11 is 0. The predicted octanol–water partition coefficient (Wildman–Crippen LogP) is 3.81. The Hall–Kier alpha value is -3.81. The molecule has 2 aromatic carbocycles. The van der Waals surface area contributed by atoms with Gasteiger partial charge in [-0.25, -0.2) is 9.97 Å². The van der Waals surface area contributed by atoms with E-state index in [0.29, 0.717) is 40.3 Å². The Bertz CT molecular complexity index is 1020. The highest BCUT2D eigenvalue weighted by atomic mass is 16.5. The first-order valence-electron chi connectivity index (χ1n) is 8.82. The van der Waals surface area contributed by atoms with E-state index in [1.54, 1.807) is 76.8 Å². The van der Waals surface area contributed by atoms with Gasteiger partial charge in [0.1, 0.15) is 34.6 Å². The minimum Gasteiger partial charge on any atom is -0.497 e. The van der Waals surface area contributed by atoms with Gasteiger partial charge in [0.2, 0.25) is 0 Å². The van der Waals surface area contributed by atoms with E-state index in [4.69, 9.17) is 14.2 Å². The fourth-order valence-electron chi connectivity index (χ4n) is 2.69. The molecule has 0 atom stereocenters. The Morgan fingerprint density at radius 2 is 1.66 bits per heavy atom. The minimum absolute atomic E-state index is 0.227. The van der Waals surface area contributed by atoms with E-state index in [9.17, 15) is 4.79 Å². The summed E-state index contributed by atoms with van der Waals surface area (Å²) < 4.78 is 15.8. The first-order valence-corrected chi connectivity index (χ1v) is 8.82. The SMILES string of the molecule is COc1cccc(NC(=O)c2cc(Nc3cc(OC)ccc3OC)nc(C)n2)c1. The van der Waals surface area contributed by atoms with Gasteiger partial charge in [0.25, 0.3) is 5.91 Å². The van der Waals surface area contributed by atoms with Crippen LogP contribution in [0.4, 0.5) is 17.2 Å². The number of benzene rings is 2. The van der Waals surface area contributed by atoms with E-state index in [0.717, 1.165) is 0 Å². The summed E-state index contributed by atoms with van der Waals surface area (Å²) in [6.07, 6.45) is 0. The van der Waals surface area contributed by atoms with Gasteiger partial charge in [-0.2, -0.15) is 0 Å². The molecule has 0 radical (unpaired) electrons. The van der Waals surface area contributed by atoms with Crippen molar-refractivity contribution >= 4 is 23.1 Å². The lowest BCUT2D eigenvalue weighted by Gasteiger charge is -2.13. The molecule has 0 fully saturated rings. The molecule has 3 aromatic rings. The molecule has 29 heavy (non-hydrogen) atoms. The fraction of sp³-hybridized carbons (Fsp3) is 0.190. The standard InChI is InChI=1S/C21H22N4O4/c1-13-22-18(21(26)24-14-6-5-7-15(10-14)27-2)12-20(23-13)25-17-11-16(28-3)8-9-19(17)29-4/h5-12H,1-4H3,(H,24,26)(H,22,23,25). The van der Waals surface area contributed by atoms with Gasteiger partial charge in [-0.05, 0) is 31.2 Å². The van der Waals surface area contributed by atoms with Crippen molar-refractivity contribution in [1.29, 1.82) is 0 Å². The molecule has 8 heteroatoms. The molecule has 3 rings (SSSR count). The quantitative estimate of drug-likeness (QED) is 0.629. The first-order chi connectivity index (χ1) is 14.0. The summed E-state index contributed by atoms with van der Waals surface area (Å²) in [4.78, 5) is 21.3. The van der Waals surface area contributed by atoms with Crippen LogP contribution in [-0.2, 0) is 0 Å². The van der Waals surface area contributed by atoms with Crippen LogP contribution in [0.1, 0.15) is 16.3 Å². The molecule has 0 bridgehead atoms. The van der Waals surface area contributed by atoms with Gasteiger partial charge in [0, 0.05) is 23.9 Å². The topological polar surface area (TPSA) is 94.6 Å². The second-order valence-corrected chi connectivity index (χ2v) is 6.06. The molecule has 0 unspecified atom stereocenters. The molecule has 8 nitrogen and oxygen atoms in total. The van der Waals surface area contributed by atoms with Crippen molar-refractivity contribution in [2.45, 2.75) is 6.92 Å². The number of carbonyl (C=O) groups is 1. The van der Waals surface area contributed by atoms with Crippen molar-refractivity contribution in [3.63, 3.8) is 0 Å². The molecule has 150 valence electrons. The smallest absolute Gasteiger partial charge is 0.274 e. The van der Waals surface area contributed by atoms with Gasteiger partial charge >= 0.3 is 0 Å². The maximum atomic E-state index is 12.7. The molecule has 0 aliphatic carbocycles. The van der Waals surface area contributed by atoms with Crippen LogP contribution in [0.5, 0.6) is 17.2 Å². The Kier molecular flexibility index (Phi) is 6.13. The van der Waals surface area contributed by atoms with Gasteiger partial charge in [0.15, 0.2) is 0 Å². The molecular weight excluding hydrogens is 372 g/mol. The molecular formula is C21H22N4O4. The summed E-state index contributed by atoms with van der Waals surface area (Å²) in [6.45, 7) is 1.72. The molecule has 2 N–H and O–H groups in total. The Labute approximate surface area is 168 Å². The van der Waals surface area contributed by atoms with Gasteiger partial charge in [-0.1, -0.05) is 6.07 Å². The lowest BCUT2D eigenvalue weighted by Crippen LogP contribution is -2.15. The van der Waals surface area contributed by atoms with Crippen molar-refractivity contribution in [1.82, 2.24) is 9.97 Å². The zero-order valence-corrected chi connectivity index (χ0v) is 16.6. The monoisotopic (exact) mass is 394 g/mol. The van der Waals surface area contributed by atoms with Crippen LogP contribution < -0.4 is 24.8 Å². The van der Waals surface area contributed by atoms with Gasteiger partial charge < -0.3 is 24.8 Å². The number of aryl methyl sites for hydroxylation is 1. The zero-order valence-electron chi connectivity index (χ0n) is 16.6. The lowest BCUT2D eigenvalue weighted by molar-refractivity contribution is 0.102. The van der Waals surface area contributed by atoms with Crippen molar-refractivity contribution in [3.8, 4) is 17.2 Å².